The number of imidazole rings is 2. The van der Waals surface area contributed by atoms with Crippen molar-refractivity contribution in [2.75, 3.05) is 11.1 Å². The van der Waals surface area contributed by atoms with Crippen LogP contribution >= 0.6 is 0 Å². The van der Waals surface area contributed by atoms with E-state index < -0.39 is 5.82 Å². The van der Waals surface area contributed by atoms with Gasteiger partial charge in [0.1, 0.15) is 52.3 Å². The number of nitrogens with two attached hydrogens (primary N) is 2. The maximum Gasteiger partial charge on any atom is 0.151 e. The molecule has 0 radical (unpaired) electrons. The zero-order valence-electron chi connectivity index (χ0n) is 18.8. The summed E-state index contributed by atoms with van der Waals surface area (Å²) in [5.74, 6) is 0.837. The molecule has 0 aliphatic heterocycles. The summed E-state index contributed by atoms with van der Waals surface area (Å²) in [7, 11) is 0. The number of hydrogen-bond donors (Lipinski definition) is 5. The molecular formula is C23H22F2N10. The molecule has 0 amide bonds. The Morgan fingerprint density at radius 2 is 1.51 bits per heavy atom. The molecule has 0 unspecified atom stereocenters. The highest BCUT2D eigenvalue weighted by atomic mass is 19.1. The van der Waals surface area contributed by atoms with Crippen LogP contribution in [0.5, 0.6) is 0 Å². The lowest BCUT2D eigenvalue weighted by molar-refractivity contribution is 0.636. The molecule has 0 saturated carbocycles. The van der Waals surface area contributed by atoms with Crippen molar-refractivity contribution in [2.24, 2.45) is 5.73 Å². The van der Waals surface area contributed by atoms with Gasteiger partial charge in [-0.3, -0.25) is 0 Å². The number of aromatic amines is 2. The van der Waals surface area contributed by atoms with Crippen molar-refractivity contribution in [3.8, 4) is 6.07 Å². The zero-order chi connectivity index (χ0) is 25.1. The molecule has 0 aliphatic rings. The standard InChI is InChI=1S/C14H12FN7.C9H10FN3/c1-7(20-14-8(5-16)12(17)18-6-19-14)13-21-10-4-2-3-9(15)11(10)22-13;1-5(11)9-12-7-4-2-3-6(10)8(7)13-9/h2-4,6-7H,1H3,(H,21,22)(H3,17,18,19,20);2-5H,11H2,1H3,(H,12,13)/t7-;5-/m00/s1. The van der Waals surface area contributed by atoms with Crippen LogP contribution in [0.25, 0.3) is 22.1 Å². The third-order valence-corrected chi connectivity index (χ3v) is 5.15. The number of rotatable bonds is 4. The number of nitrogen functional groups attached to an aromatic ring is 1. The first-order valence-corrected chi connectivity index (χ1v) is 10.6. The van der Waals surface area contributed by atoms with Gasteiger partial charge in [-0.15, -0.1) is 0 Å². The quantitative estimate of drug-likeness (QED) is 0.260. The van der Waals surface area contributed by atoms with Crippen LogP contribution in [0, 0.1) is 23.0 Å². The van der Waals surface area contributed by atoms with Crippen LogP contribution in [0.15, 0.2) is 42.7 Å². The summed E-state index contributed by atoms with van der Waals surface area (Å²) >= 11 is 0. The predicted molar refractivity (Wildman–Crippen MR) is 128 cm³/mol. The summed E-state index contributed by atoms with van der Waals surface area (Å²) in [4.78, 5) is 22.1. The second-order valence-corrected chi connectivity index (χ2v) is 7.77. The second kappa shape index (κ2) is 9.70. The van der Waals surface area contributed by atoms with E-state index >= 15 is 0 Å². The summed E-state index contributed by atoms with van der Waals surface area (Å²) in [5.41, 5.74) is 13.3. The molecule has 178 valence electrons. The first-order chi connectivity index (χ1) is 16.8. The molecular weight excluding hydrogens is 454 g/mol. The monoisotopic (exact) mass is 476 g/mol. The fourth-order valence-corrected chi connectivity index (χ4v) is 3.35. The van der Waals surface area contributed by atoms with Crippen LogP contribution in [-0.4, -0.2) is 29.9 Å². The Bertz CT molecular complexity index is 1530. The van der Waals surface area contributed by atoms with E-state index in [9.17, 15) is 8.78 Å². The molecule has 5 aromatic rings. The fourth-order valence-electron chi connectivity index (χ4n) is 3.35. The van der Waals surface area contributed by atoms with Gasteiger partial charge in [-0.05, 0) is 38.1 Å². The minimum Gasteiger partial charge on any atom is -0.382 e. The predicted octanol–water partition coefficient (Wildman–Crippen LogP) is 3.84. The minimum atomic E-state index is -0.392. The van der Waals surface area contributed by atoms with Crippen LogP contribution < -0.4 is 16.8 Å². The van der Waals surface area contributed by atoms with Crippen LogP contribution in [0.2, 0.25) is 0 Å². The first kappa shape index (κ1) is 23.5. The van der Waals surface area contributed by atoms with Crippen molar-refractivity contribution in [2.45, 2.75) is 25.9 Å². The van der Waals surface area contributed by atoms with E-state index in [1.165, 1.54) is 18.5 Å². The van der Waals surface area contributed by atoms with E-state index in [0.717, 1.165) is 0 Å². The lowest BCUT2D eigenvalue weighted by Crippen LogP contribution is -2.12. The average Bonchev–Trinajstić information content (AvgIpc) is 3.46. The number of fused-ring (bicyclic) bond motifs is 2. The molecule has 10 nitrogen and oxygen atoms in total. The van der Waals surface area contributed by atoms with E-state index in [2.05, 4.69) is 35.2 Å². The van der Waals surface area contributed by atoms with E-state index in [4.69, 9.17) is 16.7 Å². The SMILES string of the molecule is C[C@H](N)c1nc2c(F)cccc2[nH]1.C[C@H](Nc1ncnc(N)c1C#N)c1nc2c(F)cccc2[nH]1. The first-order valence-electron chi connectivity index (χ1n) is 10.6. The van der Waals surface area contributed by atoms with Gasteiger partial charge in [-0.1, -0.05) is 12.1 Å². The Balaban J connectivity index is 0.000000189. The largest absolute Gasteiger partial charge is 0.382 e. The highest BCUT2D eigenvalue weighted by Gasteiger charge is 2.16. The van der Waals surface area contributed by atoms with Crippen molar-refractivity contribution in [1.82, 2.24) is 29.9 Å². The number of hydrogen-bond acceptors (Lipinski definition) is 8. The van der Waals surface area contributed by atoms with Crippen molar-refractivity contribution in [3.63, 3.8) is 0 Å². The Morgan fingerprint density at radius 3 is 2.06 bits per heavy atom. The lowest BCUT2D eigenvalue weighted by Gasteiger charge is -2.13. The molecule has 12 heteroatoms. The number of H-pyrrole nitrogens is 2. The molecule has 7 N–H and O–H groups in total. The molecule has 0 aliphatic carbocycles. The van der Waals surface area contributed by atoms with Crippen molar-refractivity contribution >= 4 is 33.7 Å². The number of nitrogens with one attached hydrogen (secondary N) is 3. The second-order valence-electron chi connectivity index (χ2n) is 7.77. The summed E-state index contributed by atoms with van der Waals surface area (Å²) in [6.45, 7) is 3.62. The highest BCUT2D eigenvalue weighted by molar-refractivity contribution is 5.76. The Hall–Kier alpha value is -4.63. The number of benzene rings is 2. The maximum atomic E-state index is 13.7. The van der Waals surface area contributed by atoms with Gasteiger partial charge in [-0.2, -0.15) is 5.26 Å². The molecule has 2 atom stereocenters. The van der Waals surface area contributed by atoms with E-state index in [1.807, 2.05) is 13.0 Å². The average molecular weight is 476 g/mol. The minimum absolute atomic E-state index is 0.0999. The molecule has 2 aromatic carbocycles. The van der Waals surface area contributed by atoms with Gasteiger partial charge in [0.05, 0.1) is 23.1 Å². The zero-order valence-corrected chi connectivity index (χ0v) is 18.8. The fraction of sp³-hybridized carbons (Fsp3) is 0.174. The van der Waals surface area contributed by atoms with Gasteiger partial charge in [0, 0.05) is 0 Å². The topological polar surface area (TPSA) is 171 Å². The third-order valence-electron chi connectivity index (χ3n) is 5.15. The highest BCUT2D eigenvalue weighted by Crippen LogP contribution is 2.23. The van der Waals surface area contributed by atoms with Gasteiger partial charge in [-0.25, -0.2) is 28.7 Å². The van der Waals surface area contributed by atoms with Crippen LogP contribution in [0.3, 0.4) is 0 Å². The van der Waals surface area contributed by atoms with Crippen molar-refractivity contribution in [3.05, 3.63) is 71.6 Å². The normalized spacial score (nSPS) is 12.6. The van der Waals surface area contributed by atoms with Gasteiger partial charge >= 0.3 is 0 Å². The number of aromatic nitrogens is 6. The van der Waals surface area contributed by atoms with E-state index in [1.54, 1.807) is 31.2 Å². The number of para-hydroxylation sites is 2. The van der Waals surface area contributed by atoms with Crippen LogP contribution in [-0.2, 0) is 0 Å². The van der Waals surface area contributed by atoms with Crippen LogP contribution in [0.1, 0.15) is 43.1 Å². The molecule has 5 rings (SSSR count). The molecule has 0 bridgehead atoms. The number of nitrogens with zero attached hydrogens (tertiary/aromatic N) is 5. The molecule has 3 aromatic heterocycles. The molecule has 0 spiro atoms. The molecule has 0 saturated heterocycles. The Morgan fingerprint density at radius 1 is 0.943 bits per heavy atom. The van der Waals surface area contributed by atoms with Gasteiger partial charge in [0.2, 0.25) is 0 Å². The van der Waals surface area contributed by atoms with Gasteiger partial charge in [0.25, 0.3) is 0 Å². The number of anilines is 2. The van der Waals surface area contributed by atoms with Crippen LogP contribution in [0.4, 0.5) is 20.4 Å². The smallest absolute Gasteiger partial charge is 0.151 e. The summed E-state index contributed by atoms with van der Waals surface area (Å²) in [6, 6.07) is 10.9. The summed E-state index contributed by atoms with van der Waals surface area (Å²) in [6.07, 6.45) is 1.27. The third kappa shape index (κ3) is 4.85. The summed E-state index contributed by atoms with van der Waals surface area (Å²) in [5, 5.41) is 12.1. The van der Waals surface area contributed by atoms with Crippen molar-refractivity contribution < 1.29 is 8.78 Å². The summed E-state index contributed by atoms with van der Waals surface area (Å²) < 4.78 is 26.8. The Kier molecular flexibility index (Phi) is 6.52. The van der Waals surface area contributed by atoms with Gasteiger partial charge in [0.15, 0.2) is 11.6 Å². The van der Waals surface area contributed by atoms with Crippen molar-refractivity contribution in [1.29, 1.82) is 5.26 Å². The number of nitriles is 1. The van der Waals surface area contributed by atoms with Gasteiger partial charge < -0.3 is 26.8 Å². The molecule has 35 heavy (non-hydrogen) atoms. The molecule has 3 heterocycles. The van der Waals surface area contributed by atoms with E-state index in [-0.39, 0.29) is 34.8 Å². The maximum absolute atomic E-state index is 13.7. The molecule has 0 fully saturated rings. The lowest BCUT2D eigenvalue weighted by atomic mass is 10.2. The number of halogens is 2. The Labute approximate surface area is 198 Å². The van der Waals surface area contributed by atoms with E-state index in [0.29, 0.717) is 34.0 Å².